The van der Waals surface area contributed by atoms with Crippen molar-refractivity contribution >= 4 is 23.3 Å². The Hall–Kier alpha value is -1.26. The molecule has 0 atom stereocenters. The molecule has 1 fully saturated rings. The van der Waals surface area contributed by atoms with E-state index in [2.05, 4.69) is 5.32 Å². The average Bonchev–Trinajstić information content (AvgIpc) is 2.39. The number of anilines is 1. The summed E-state index contributed by atoms with van der Waals surface area (Å²) < 4.78 is 0. The first kappa shape index (κ1) is 14.2. The van der Waals surface area contributed by atoms with Crippen molar-refractivity contribution in [1.82, 2.24) is 0 Å². The zero-order valence-electron chi connectivity index (χ0n) is 10.6. The normalized spacial score (nSPS) is 23.1. The smallest absolute Gasteiger partial charge is 0.337 e. The summed E-state index contributed by atoms with van der Waals surface area (Å²) in [5.41, 5.74) is 0.798. The van der Waals surface area contributed by atoms with Gasteiger partial charge in [-0.25, -0.2) is 4.79 Å². The Balaban J connectivity index is 1.97. The van der Waals surface area contributed by atoms with Crippen LogP contribution in [0.1, 0.15) is 36.0 Å². The molecule has 1 aromatic rings. The summed E-state index contributed by atoms with van der Waals surface area (Å²) in [6.45, 7) is 0.731. The zero-order valence-corrected chi connectivity index (χ0v) is 11.4. The third kappa shape index (κ3) is 3.85. The van der Waals surface area contributed by atoms with Gasteiger partial charge in [-0.2, -0.15) is 0 Å². The van der Waals surface area contributed by atoms with Crippen LogP contribution in [0.5, 0.6) is 0 Å². The highest BCUT2D eigenvalue weighted by atomic mass is 35.5. The minimum atomic E-state index is -0.982. The predicted octanol–water partition coefficient (Wildman–Crippen LogP) is 3.00. The molecule has 5 heteroatoms. The average molecular weight is 284 g/mol. The van der Waals surface area contributed by atoms with Gasteiger partial charge in [-0.15, -0.1) is 0 Å². The molecule has 1 saturated carbocycles. The number of carbonyl (C=O) groups is 1. The number of aliphatic hydroxyl groups is 1. The van der Waals surface area contributed by atoms with Crippen LogP contribution in [0.25, 0.3) is 0 Å². The van der Waals surface area contributed by atoms with Crippen molar-refractivity contribution < 1.29 is 15.0 Å². The number of aliphatic hydroxyl groups excluding tert-OH is 1. The first-order chi connectivity index (χ1) is 9.06. The summed E-state index contributed by atoms with van der Waals surface area (Å²) in [7, 11) is 0. The van der Waals surface area contributed by atoms with Gasteiger partial charge in [0.1, 0.15) is 0 Å². The van der Waals surface area contributed by atoms with Gasteiger partial charge in [0, 0.05) is 17.3 Å². The maximum atomic E-state index is 11.1. The minimum Gasteiger partial charge on any atom is -0.478 e. The van der Waals surface area contributed by atoms with E-state index in [4.69, 9.17) is 16.7 Å². The molecule has 0 aromatic heterocycles. The van der Waals surface area contributed by atoms with Crippen molar-refractivity contribution in [2.45, 2.75) is 31.8 Å². The van der Waals surface area contributed by atoms with E-state index < -0.39 is 5.97 Å². The quantitative estimate of drug-likeness (QED) is 0.794. The fourth-order valence-corrected chi connectivity index (χ4v) is 2.62. The van der Waals surface area contributed by atoms with Gasteiger partial charge < -0.3 is 15.5 Å². The molecule has 0 spiro atoms. The van der Waals surface area contributed by atoms with Crippen LogP contribution in [0.4, 0.5) is 5.69 Å². The van der Waals surface area contributed by atoms with Crippen molar-refractivity contribution in [3.63, 3.8) is 0 Å². The highest BCUT2D eigenvalue weighted by molar-refractivity contribution is 6.31. The van der Waals surface area contributed by atoms with Gasteiger partial charge >= 0.3 is 5.97 Å². The SMILES string of the molecule is O=C(O)c1cc(Cl)ccc1NCC1CCC(O)CC1. The summed E-state index contributed by atoms with van der Waals surface area (Å²) >= 11 is 5.81. The molecule has 3 N–H and O–H groups in total. The molecule has 1 aliphatic carbocycles. The van der Waals surface area contributed by atoms with Crippen molar-refractivity contribution in [2.75, 3.05) is 11.9 Å². The van der Waals surface area contributed by atoms with Crippen LogP contribution in [-0.4, -0.2) is 28.8 Å². The fourth-order valence-electron chi connectivity index (χ4n) is 2.45. The van der Waals surface area contributed by atoms with E-state index in [1.165, 1.54) is 6.07 Å². The van der Waals surface area contributed by atoms with Gasteiger partial charge in [0.2, 0.25) is 0 Å². The first-order valence-corrected chi connectivity index (χ1v) is 6.89. The summed E-state index contributed by atoms with van der Waals surface area (Å²) in [5.74, 6) is -0.496. The number of carboxylic acid groups (broad SMARTS) is 1. The minimum absolute atomic E-state index is 0.165. The molecule has 0 unspecified atom stereocenters. The molecule has 104 valence electrons. The lowest BCUT2D eigenvalue weighted by atomic mass is 9.87. The highest BCUT2D eigenvalue weighted by Crippen LogP contribution is 2.26. The third-order valence-corrected chi connectivity index (χ3v) is 3.84. The lowest BCUT2D eigenvalue weighted by molar-refractivity contribution is 0.0698. The lowest BCUT2D eigenvalue weighted by Crippen LogP contribution is -2.24. The molecule has 1 aliphatic rings. The van der Waals surface area contributed by atoms with Gasteiger partial charge in [0.05, 0.1) is 11.7 Å². The molecular formula is C14H18ClNO3. The number of hydrogen-bond donors (Lipinski definition) is 3. The molecular weight excluding hydrogens is 266 g/mol. The fraction of sp³-hybridized carbons (Fsp3) is 0.500. The van der Waals surface area contributed by atoms with E-state index in [1.807, 2.05) is 0 Å². The van der Waals surface area contributed by atoms with E-state index in [-0.39, 0.29) is 11.7 Å². The second-order valence-corrected chi connectivity index (χ2v) is 5.49. The standard InChI is InChI=1S/C14H18ClNO3/c15-10-3-6-13(12(7-10)14(18)19)16-8-9-1-4-11(17)5-2-9/h3,6-7,9,11,16-17H,1-2,4-5,8H2,(H,18,19). The largest absolute Gasteiger partial charge is 0.478 e. The summed E-state index contributed by atoms with van der Waals surface area (Å²) in [5, 5.41) is 22.2. The number of nitrogens with one attached hydrogen (secondary N) is 1. The van der Waals surface area contributed by atoms with Gasteiger partial charge in [0.25, 0.3) is 0 Å². The molecule has 4 nitrogen and oxygen atoms in total. The van der Waals surface area contributed by atoms with Crippen LogP contribution in [0.3, 0.4) is 0 Å². The summed E-state index contributed by atoms with van der Waals surface area (Å²) in [4.78, 5) is 11.1. The van der Waals surface area contributed by atoms with E-state index >= 15 is 0 Å². The molecule has 2 rings (SSSR count). The molecule has 0 heterocycles. The Morgan fingerprint density at radius 3 is 2.63 bits per heavy atom. The topological polar surface area (TPSA) is 69.6 Å². The van der Waals surface area contributed by atoms with Gasteiger partial charge in [-0.3, -0.25) is 0 Å². The predicted molar refractivity (Wildman–Crippen MR) is 74.9 cm³/mol. The first-order valence-electron chi connectivity index (χ1n) is 6.51. The monoisotopic (exact) mass is 283 g/mol. The van der Waals surface area contributed by atoms with Crippen LogP contribution in [0.2, 0.25) is 5.02 Å². The van der Waals surface area contributed by atoms with E-state index in [0.717, 1.165) is 32.2 Å². The second-order valence-electron chi connectivity index (χ2n) is 5.05. The van der Waals surface area contributed by atoms with Gasteiger partial charge in [-0.1, -0.05) is 11.6 Å². The summed E-state index contributed by atoms with van der Waals surface area (Å²) in [6.07, 6.45) is 3.45. The van der Waals surface area contributed by atoms with E-state index in [0.29, 0.717) is 16.6 Å². The maximum Gasteiger partial charge on any atom is 0.337 e. The van der Waals surface area contributed by atoms with Crippen LogP contribution in [0.15, 0.2) is 18.2 Å². The zero-order chi connectivity index (χ0) is 13.8. The van der Waals surface area contributed by atoms with Crippen LogP contribution in [-0.2, 0) is 0 Å². The molecule has 0 saturated heterocycles. The van der Waals surface area contributed by atoms with Crippen molar-refractivity contribution in [3.8, 4) is 0 Å². The molecule has 19 heavy (non-hydrogen) atoms. The van der Waals surface area contributed by atoms with E-state index in [1.54, 1.807) is 12.1 Å². The Bertz CT molecular complexity index is 456. The summed E-state index contributed by atoms with van der Waals surface area (Å²) in [6, 6.07) is 4.83. The maximum absolute atomic E-state index is 11.1. The molecule has 0 bridgehead atoms. The van der Waals surface area contributed by atoms with Crippen LogP contribution < -0.4 is 5.32 Å². The van der Waals surface area contributed by atoms with Crippen molar-refractivity contribution in [3.05, 3.63) is 28.8 Å². The van der Waals surface area contributed by atoms with Crippen LogP contribution in [0, 0.1) is 5.92 Å². The number of benzene rings is 1. The number of hydrogen-bond acceptors (Lipinski definition) is 3. The van der Waals surface area contributed by atoms with Gasteiger partial charge in [-0.05, 0) is 49.8 Å². The second kappa shape index (κ2) is 6.26. The Labute approximate surface area is 117 Å². The Morgan fingerprint density at radius 1 is 1.32 bits per heavy atom. The van der Waals surface area contributed by atoms with Crippen molar-refractivity contribution in [2.24, 2.45) is 5.92 Å². The Morgan fingerprint density at radius 2 is 2.00 bits per heavy atom. The van der Waals surface area contributed by atoms with Gasteiger partial charge in [0.15, 0.2) is 0 Å². The molecule has 0 amide bonds. The number of halogens is 1. The third-order valence-electron chi connectivity index (χ3n) is 3.61. The number of carboxylic acids is 1. The molecule has 1 aromatic carbocycles. The van der Waals surface area contributed by atoms with E-state index in [9.17, 15) is 9.90 Å². The van der Waals surface area contributed by atoms with Crippen molar-refractivity contribution in [1.29, 1.82) is 0 Å². The molecule has 0 radical (unpaired) electrons. The highest BCUT2D eigenvalue weighted by Gasteiger charge is 2.19. The molecule has 0 aliphatic heterocycles. The number of aromatic carboxylic acids is 1. The van der Waals surface area contributed by atoms with Crippen LogP contribution >= 0.6 is 11.6 Å². The Kier molecular flexibility index (Phi) is 4.66. The lowest BCUT2D eigenvalue weighted by Gasteiger charge is -2.26. The number of rotatable bonds is 4.